The van der Waals surface area contributed by atoms with E-state index in [1.165, 1.54) is 7.11 Å². The summed E-state index contributed by atoms with van der Waals surface area (Å²) in [5.41, 5.74) is 0.880. The van der Waals surface area contributed by atoms with Gasteiger partial charge in [-0.1, -0.05) is 12.1 Å². The number of carbonyl (C=O) groups is 1. The molecule has 0 saturated heterocycles. The topological polar surface area (TPSA) is 76.1 Å². The van der Waals surface area contributed by atoms with Crippen LogP contribution in [0.25, 0.3) is 0 Å². The van der Waals surface area contributed by atoms with E-state index in [1.54, 1.807) is 12.1 Å². The molecule has 0 saturated carbocycles. The van der Waals surface area contributed by atoms with Crippen molar-refractivity contribution in [3.63, 3.8) is 0 Å². The minimum absolute atomic E-state index is 0.324. The minimum Gasteiger partial charge on any atom is -0.453 e. The van der Waals surface area contributed by atoms with E-state index in [0.717, 1.165) is 10.2 Å². The third-order valence-electron chi connectivity index (χ3n) is 2.22. The first-order chi connectivity index (χ1) is 9.19. The van der Waals surface area contributed by atoms with Crippen LogP contribution < -0.4 is 10.6 Å². The number of rotatable bonds is 3. The highest BCUT2D eigenvalue weighted by Gasteiger charge is 2.04. The molecule has 1 heterocycles. The number of anilines is 3. The summed E-state index contributed by atoms with van der Waals surface area (Å²) in [4.78, 5) is 11.0. The average molecular weight is 323 g/mol. The Morgan fingerprint density at radius 1 is 1.16 bits per heavy atom. The molecule has 19 heavy (non-hydrogen) atoms. The molecule has 0 fully saturated rings. The Kier molecular flexibility index (Phi) is 4.30. The van der Waals surface area contributed by atoms with Gasteiger partial charge in [-0.25, -0.2) is 4.79 Å². The molecule has 1 amide bonds. The van der Waals surface area contributed by atoms with E-state index in [4.69, 9.17) is 0 Å². The summed E-state index contributed by atoms with van der Waals surface area (Å²) >= 11 is 3.43. The molecule has 0 bridgehead atoms. The van der Waals surface area contributed by atoms with Crippen LogP contribution in [0, 0.1) is 0 Å². The molecule has 1 aromatic carbocycles. The van der Waals surface area contributed by atoms with Crippen molar-refractivity contribution in [2.24, 2.45) is 0 Å². The predicted octanol–water partition coefficient (Wildman–Crippen LogP) is 3.16. The van der Waals surface area contributed by atoms with E-state index in [1.807, 2.05) is 24.3 Å². The van der Waals surface area contributed by atoms with Gasteiger partial charge < -0.3 is 10.1 Å². The molecule has 7 heteroatoms. The number of para-hydroxylation sites is 1. The smallest absolute Gasteiger partial charge is 0.412 e. The van der Waals surface area contributed by atoms with E-state index in [-0.39, 0.29) is 0 Å². The van der Waals surface area contributed by atoms with E-state index in [2.05, 4.69) is 41.5 Å². The number of hydrogen-bond acceptors (Lipinski definition) is 5. The van der Waals surface area contributed by atoms with Crippen LogP contribution in [-0.2, 0) is 4.74 Å². The van der Waals surface area contributed by atoms with Crippen LogP contribution in [0.1, 0.15) is 0 Å². The molecule has 0 atom stereocenters. The van der Waals surface area contributed by atoms with Crippen molar-refractivity contribution in [2.75, 3.05) is 17.7 Å². The molecule has 0 unspecified atom stereocenters. The lowest BCUT2D eigenvalue weighted by molar-refractivity contribution is 0.187. The van der Waals surface area contributed by atoms with Gasteiger partial charge in [0.1, 0.15) is 0 Å². The van der Waals surface area contributed by atoms with Crippen molar-refractivity contribution >= 4 is 39.3 Å². The van der Waals surface area contributed by atoms with Crippen molar-refractivity contribution in [1.29, 1.82) is 0 Å². The lowest BCUT2D eigenvalue weighted by Crippen LogP contribution is -2.12. The standard InChI is InChI=1S/C12H11BrN4O2/c1-19-12(18)15-11-7-6-10(16-17-11)14-9-5-3-2-4-8(9)13/h2-7H,1H3,(H,14,16)(H,15,17,18). The van der Waals surface area contributed by atoms with Gasteiger partial charge in [0.2, 0.25) is 0 Å². The monoisotopic (exact) mass is 322 g/mol. The third kappa shape index (κ3) is 3.65. The molecule has 0 spiro atoms. The molecular weight excluding hydrogens is 312 g/mol. The van der Waals surface area contributed by atoms with Gasteiger partial charge in [-0.2, -0.15) is 0 Å². The molecule has 0 aliphatic rings. The van der Waals surface area contributed by atoms with Crippen LogP contribution in [-0.4, -0.2) is 23.4 Å². The zero-order chi connectivity index (χ0) is 13.7. The fourth-order valence-corrected chi connectivity index (χ4v) is 1.71. The molecular formula is C12H11BrN4O2. The Bertz CT molecular complexity index is 574. The number of carbonyl (C=O) groups excluding carboxylic acids is 1. The fourth-order valence-electron chi connectivity index (χ4n) is 1.32. The van der Waals surface area contributed by atoms with Gasteiger partial charge in [-0.3, -0.25) is 5.32 Å². The predicted molar refractivity (Wildman–Crippen MR) is 75.5 cm³/mol. The second-order valence-electron chi connectivity index (χ2n) is 3.53. The highest BCUT2D eigenvalue weighted by atomic mass is 79.9. The Balaban J connectivity index is 2.07. The van der Waals surface area contributed by atoms with Crippen molar-refractivity contribution in [3.8, 4) is 0 Å². The average Bonchev–Trinajstić information content (AvgIpc) is 2.43. The van der Waals surface area contributed by atoms with Crippen molar-refractivity contribution in [1.82, 2.24) is 10.2 Å². The van der Waals surface area contributed by atoms with Crippen LogP contribution in [0.5, 0.6) is 0 Å². The first-order valence-corrected chi connectivity index (χ1v) is 6.18. The lowest BCUT2D eigenvalue weighted by atomic mass is 10.3. The highest BCUT2D eigenvalue weighted by Crippen LogP contribution is 2.24. The maximum absolute atomic E-state index is 11.0. The quantitative estimate of drug-likeness (QED) is 0.907. The van der Waals surface area contributed by atoms with Gasteiger partial charge in [-0.15, -0.1) is 10.2 Å². The zero-order valence-corrected chi connectivity index (χ0v) is 11.6. The Hall–Kier alpha value is -2.15. The molecule has 0 aliphatic carbocycles. The highest BCUT2D eigenvalue weighted by molar-refractivity contribution is 9.10. The largest absolute Gasteiger partial charge is 0.453 e. The summed E-state index contributed by atoms with van der Waals surface area (Å²) < 4.78 is 5.38. The van der Waals surface area contributed by atoms with E-state index >= 15 is 0 Å². The molecule has 1 aromatic heterocycles. The van der Waals surface area contributed by atoms with Crippen molar-refractivity contribution in [2.45, 2.75) is 0 Å². The Labute approximate surface area is 118 Å². The molecule has 2 N–H and O–H groups in total. The zero-order valence-electron chi connectivity index (χ0n) is 10.1. The SMILES string of the molecule is COC(=O)Nc1ccc(Nc2ccccc2Br)nn1. The summed E-state index contributed by atoms with van der Waals surface area (Å²) in [7, 11) is 1.28. The maximum Gasteiger partial charge on any atom is 0.412 e. The van der Waals surface area contributed by atoms with Gasteiger partial charge in [0.05, 0.1) is 12.8 Å². The van der Waals surface area contributed by atoms with Gasteiger partial charge >= 0.3 is 6.09 Å². The van der Waals surface area contributed by atoms with E-state index in [9.17, 15) is 4.79 Å². The van der Waals surface area contributed by atoms with Crippen LogP contribution in [0.2, 0.25) is 0 Å². The van der Waals surface area contributed by atoms with Crippen LogP contribution >= 0.6 is 15.9 Å². The summed E-state index contributed by atoms with van der Waals surface area (Å²) in [5, 5.41) is 13.3. The Morgan fingerprint density at radius 3 is 2.47 bits per heavy atom. The van der Waals surface area contributed by atoms with E-state index < -0.39 is 6.09 Å². The van der Waals surface area contributed by atoms with Gasteiger partial charge in [0.25, 0.3) is 0 Å². The summed E-state index contributed by atoms with van der Waals surface area (Å²) in [6, 6.07) is 11.0. The van der Waals surface area contributed by atoms with Gasteiger partial charge in [0, 0.05) is 4.47 Å². The van der Waals surface area contributed by atoms with Crippen LogP contribution in [0.3, 0.4) is 0 Å². The van der Waals surface area contributed by atoms with E-state index in [0.29, 0.717) is 11.6 Å². The summed E-state index contributed by atoms with van der Waals surface area (Å²) in [6.07, 6.45) is -0.583. The summed E-state index contributed by atoms with van der Waals surface area (Å²) in [5.74, 6) is 0.895. The van der Waals surface area contributed by atoms with Crippen molar-refractivity contribution in [3.05, 3.63) is 40.9 Å². The molecule has 0 radical (unpaired) electrons. The fraction of sp³-hybridized carbons (Fsp3) is 0.0833. The number of benzene rings is 1. The second kappa shape index (κ2) is 6.14. The number of halogens is 1. The first-order valence-electron chi connectivity index (χ1n) is 5.39. The molecule has 2 rings (SSSR count). The summed E-state index contributed by atoms with van der Waals surface area (Å²) in [6.45, 7) is 0. The Morgan fingerprint density at radius 2 is 1.84 bits per heavy atom. The maximum atomic E-state index is 11.0. The number of aromatic nitrogens is 2. The number of hydrogen-bond donors (Lipinski definition) is 2. The normalized spacial score (nSPS) is 9.79. The van der Waals surface area contributed by atoms with Crippen LogP contribution in [0.15, 0.2) is 40.9 Å². The number of methoxy groups -OCH3 is 1. The molecule has 98 valence electrons. The van der Waals surface area contributed by atoms with Crippen molar-refractivity contribution < 1.29 is 9.53 Å². The number of amides is 1. The lowest BCUT2D eigenvalue weighted by Gasteiger charge is -2.07. The molecule has 6 nitrogen and oxygen atoms in total. The second-order valence-corrected chi connectivity index (χ2v) is 4.38. The van der Waals surface area contributed by atoms with Gasteiger partial charge in [-0.05, 0) is 40.2 Å². The third-order valence-corrected chi connectivity index (χ3v) is 2.91. The molecule has 0 aliphatic heterocycles. The van der Waals surface area contributed by atoms with Crippen LogP contribution in [0.4, 0.5) is 22.1 Å². The van der Waals surface area contributed by atoms with Gasteiger partial charge in [0.15, 0.2) is 11.6 Å². The number of nitrogens with zero attached hydrogens (tertiary/aromatic N) is 2. The molecule has 2 aromatic rings. The number of nitrogens with one attached hydrogen (secondary N) is 2. The number of ether oxygens (including phenoxy) is 1. The first kappa shape index (κ1) is 13.3. The minimum atomic E-state index is -0.583.